The number of carbonyl (C=O) groups is 1. The molecule has 0 aromatic carbocycles. The van der Waals surface area contributed by atoms with Crippen molar-refractivity contribution < 1.29 is 27.4 Å². The summed E-state index contributed by atoms with van der Waals surface area (Å²) in [7, 11) is 0. The number of alkyl halides is 3. The van der Waals surface area contributed by atoms with Gasteiger partial charge in [-0.15, -0.1) is 0 Å². The Bertz CT molecular complexity index is 798. The Morgan fingerprint density at radius 1 is 1.24 bits per heavy atom. The van der Waals surface area contributed by atoms with E-state index in [-0.39, 0.29) is 18.0 Å². The van der Waals surface area contributed by atoms with E-state index in [2.05, 4.69) is 25.3 Å². The third-order valence-corrected chi connectivity index (χ3v) is 3.54. The van der Waals surface area contributed by atoms with E-state index in [1.807, 2.05) is 19.9 Å². The van der Waals surface area contributed by atoms with E-state index in [9.17, 15) is 18.0 Å². The topological polar surface area (TPSA) is 85.4 Å². The number of aromatic nitrogens is 2. The predicted molar refractivity (Wildman–Crippen MR) is 101 cm³/mol. The highest BCUT2D eigenvalue weighted by atomic mass is 19.4. The zero-order valence-corrected chi connectivity index (χ0v) is 16.2. The van der Waals surface area contributed by atoms with Crippen LogP contribution in [0.4, 0.5) is 19.0 Å². The highest BCUT2D eigenvalue weighted by Gasteiger charge is 2.28. The molecule has 2 aromatic rings. The molecule has 10 heteroatoms. The van der Waals surface area contributed by atoms with Gasteiger partial charge in [-0.3, -0.25) is 4.79 Å². The van der Waals surface area contributed by atoms with Crippen molar-refractivity contribution in [3.63, 3.8) is 0 Å². The van der Waals surface area contributed by atoms with E-state index in [1.54, 1.807) is 6.07 Å². The smallest absolute Gasteiger partial charge is 0.422 e. The Kier molecular flexibility index (Phi) is 8.20. The second-order valence-electron chi connectivity index (χ2n) is 6.20. The minimum Gasteiger partial charge on any atom is -0.483 e. The number of anilines is 1. The van der Waals surface area contributed by atoms with E-state index in [4.69, 9.17) is 4.74 Å². The molecule has 0 aliphatic heterocycles. The van der Waals surface area contributed by atoms with E-state index in [1.165, 1.54) is 12.1 Å². The number of halogens is 3. The molecule has 158 valence electrons. The summed E-state index contributed by atoms with van der Waals surface area (Å²) in [6.07, 6.45) is -2.44. The van der Waals surface area contributed by atoms with E-state index in [0.29, 0.717) is 19.2 Å². The van der Waals surface area contributed by atoms with Crippen LogP contribution in [-0.2, 0) is 11.3 Å². The molecule has 0 bridgehead atoms. The van der Waals surface area contributed by atoms with Crippen LogP contribution in [0.2, 0.25) is 0 Å². The lowest BCUT2D eigenvalue weighted by Gasteiger charge is -2.11. The zero-order valence-electron chi connectivity index (χ0n) is 16.2. The molecule has 0 aliphatic carbocycles. The normalized spacial score (nSPS) is 11.2. The third kappa shape index (κ3) is 8.34. The summed E-state index contributed by atoms with van der Waals surface area (Å²) >= 11 is 0. The van der Waals surface area contributed by atoms with Gasteiger partial charge in [-0.1, -0.05) is 6.92 Å². The molecular formula is C19H23F3N4O3. The molecule has 0 fully saturated rings. The maximum Gasteiger partial charge on any atom is 0.422 e. The monoisotopic (exact) mass is 412 g/mol. The lowest BCUT2D eigenvalue weighted by molar-refractivity contribution is -0.153. The minimum absolute atomic E-state index is 0.0651. The summed E-state index contributed by atoms with van der Waals surface area (Å²) in [5.41, 5.74) is 1.68. The summed E-state index contributed by atoms with van der Waals surface area (Å²) in [5.74, 6) is 0.113. The molecule has 1 amide bonds. The van der Waals surface area contributed by atoms with Gasteiger partial charge >= 0.3 is 6.18 Å². The first-order chi connectivity index (χ1) is 13.8. The number of nitrogens with zero attached hydrogens (tertiary/aromatic N) is 2. The van der Waals surface area contributed by atoms with Gasteiger partial charge in [0.2, 0.25) is 0 Å². The molecule has 0 saturated carbocycles. The number of hydrogen-bond donors (Lipinski definition) is 2. The Morgan fingerprint density at radius 2 is 2.03 bits per heavy atom. The standard InChI is InChI=1S/C19H23F3N4O3/c1-3-6-28-12-25-17-8-14(7-13(2)26-17)9-24-18(27)16-5-4-15(10-23-16)29-11-19(20,21)22/h4-5,7-8,10H,3,6,9,11-12H2,1-2H3,(H,24,27)(H,25,26). The second-order valence-corrected chi connectivity index (χ2v) is 6.20. The number of hydrogen-bond acceptors (Lipinski definition) is 6. The van der Waals surface area contributed by atoms with Crippen molar-refractivity contribution in [3.8, 4) is 5.75 Å². The van der Waals surface area contributed by atoms with Gasteiger partial charge in [0.15, 0.2) is 6.61 Å². The summed E-state index contributed by atoms with van der Waals surface area (Å²) in [5, 5.41) is 5.77. The molecule has 0 unspecified atom stereocenters. The molecule has 29 heavy (non-hydrogen) atoms. The van der Waals surface area contributed by atoms with Crippen molar-refractivity contribution in [2.24, 2.45) is 0 Å². The largest absolute Gasteiger partial charge is 0.483 e. The molecule has 2 aromatic heterocycles. The fourth-order valence-electron chi connectivity index (χ4n) is 2.31. The van der Waals surface area contributed by atoms with Crippen LogP contribution in [0.1, 0.15) is 35.1 Å². The van der Waals surface area contributed by atoms with Gasteiger partial charge in [-0.25, -0.2) is 9.97 Å². The molecule has 2 rings (SSSR count). The van der Waals surface area contributed by atoms with Crippen LogP contribution in [0.5, 0.6) is 5.75 Å². The van der Waals surface area contributed by atoms with Crippen LogP contribution in [0.15, 0.2) is 30.5 Å². The summed E-state index contributed by atoms with van der Waals surface area (Å²) in [6.45, 7) is 3.66. The molecular weight excluding hydrogens is 389 g/mol. The highest BCUT2D eigenvalue weighted by Crippen LogP contribution is 2.18. The fraction of sp³-hybridized carbons (Fsp3) is 0.421. The van der Waals surface area contributed by atoms with E-state index in [0.717, 1.165) is 23.9 Å². The van der Waals surface area contributed by atoms with Crippen LogP contribution in [-0.4, -0.2) is 42.0 Å². The number of amides is 1. The Hall–Kier alpha value is -2.88. The van der Waals surface area contributed by atoms with Crippen molar-refractivity contribution in [1.29, 1.82) is 0 Å². The number of aryl methyl sites for hydroxylation is 1. The van der Waals surface area contributed by atoms with Crippen LogP contribution in [0, 0.1) is 6.92 Å². The van der Waals surface area contributed by atoms with Gasteiger partial charge in [0.1, 0.15) is 24.0 Å². The summed E-state index contributed by atoms with van der Waals surface area (Å²) < 4.78 is 46.4. The van der Waals surface area contributed by atoms with E-state index >= 15 is 0 Å². The summed E-state index contributed by atoms with van der Waals surface area (Å²) in [6, 6.07) is 6.20. The minimum atomic E-state index is -4.44. The van der Waals surface area contributed by atoms with Crippen molar-refractivity contribution in [2.45, 2.75) is 33.0 Å². The molecule has 0 saturated heterocycles. The fourth-order valence-corrected chi connectivity index (χ4v) is 2.31. The van der Waals surface area contributed by atoms with Crippen LogP contribution < -0.4 is 15.4 Å². The van der Waals surface area contributed by atoms with Gasteiger partial charge in [0, 0.05) is 18.8 Å². The molecule has 0 spiro atoms. The van der Waals surface area contributed by atoms with Gasteiger partial charge in [0.25, 0.3) is 5.91 Å². The number of ether oxygens (including phenoxy) is 2. The Labute approximate surface area is 166 Å². The Morgan fingerprint density at radius 3 is 2.69 bits per heavy atom. The van der Waals surface area contributed by atoms with Crippen LogP contribution in [0.3, 0.4) is 0 Å². The van der Waals surface area contributed by atoms with Crippen molar-refractivity contribution in [2.75, 3.05) is 25.3 Å². The number of nitrogens with one attached hydrogen (secondary N) is 2. The highest BCUT2D eigenvalue weighted by molar-refractivity contribution is 5.92. The SMILES string of the molecule is CCCOCNc1cc(CNC(=O)c2ccc(OCC(F)(F)F)cn2)cc(C)n1. The third-order valence-electron chi connectivity index (χ3n) is 3.54. The lowest BCUT2D eigenvalue weighted by atomic mass is 10.2. The average Bonchev–Trinajstić information content (AvgIpc) is 2.67. The van der Waals surface area contributed by atoms with E-state index < -0.39 is 18.7 Å². The molecule has 0 aliphatic rings. The molecule has 0 atom stereocenters. The molecule has 2 N–H and O–H groups in total. The van der Waals surface area contributed by atoms with Crippen molar-refractivity contribution in [1.82, 2.24) is 15.3 Å². The second kappa shape index (κ2) is 10.6. The molecule has 0 radical (unpaired) electrons. The first-order valence-corrected chi connectivity index (χ1v) is 9.00. The number of rotatable bonds is 10. The maximum atomic E-state index is 12.2. The number of carbonyl (C=O) groups excluding carboxylic acids is 1. The van der Waals surface area contributed by atoms with Crippen molar-refractivity contribution >= 4 is 11.7 Å². The first-order valence-electron chi connectivity index (χ1n) is 9.00. The van der Waals surface area contributed by atoms with Crippen LogP contribution in [0.25, 0.3) is 0 Å². The van der Waals surface area contributed by atoms with Crippen molar-refractivity contribution in [3.05, 3.63) is 47.4 Å². The molecule has 2 heterocycles. The van der Waals surface area contributed by atoms with Gasteiger partial charge in [0.05, 0.1) is 6.20 Å². The van der Waals surface area contributed by atoms with Gasteiger partial charge in [-0.2, -0.15) is 13.2 Å². The maximum absolute atomic E-state index is 12.2. The Balaban J connectivity index is 1.89. The predicted octanol–water partition coefficient (Wildman–Crippen LogP) is 3.45. The number of pyridine rings is 2. The lowest BCUT2D eigenvalue weighted by Crippen LogP contribution is -2.24. The van der Waals surface area contributed by atoms with Gasteiger partial charge < -0.3 is 20.1 Å². The average molecular weight is 412 g/mol. The van der Waals surface area contributed by atoms with Crippen LogP contribution >= 0.6 is 0 Å². The first kappa shape index (κ1) is 22.4. The quantitative estimate of drug-likeness (QED) is 0.459. The molecule has 7 nitrogen and oxygen atoms in total. The zero-order chi connectivity index (χ0) is 21.3. The van der Waals surface area contributed by atoms with Gasteiger partial charge in [-0.05, 0) is 43.2 Å². The summed E-state index contributed by atoms with van der Waals surface area (Å²) in [4.78, 5) is 20.4.